The molecule has 1 aromatic rings. The fourth-order valence-electron chi connectivity index (χ4n) is 2.66. The van der Waals surface area contributed by atoms with E-state index in [-0.39, 0.29) is 5.69 Å². The molecule has 6 nitrogen and oxygen atoms in total. The average Bonchev–Trinajstić information content (AvgIpc) is 3.18. The van der Waals surface area contributed by atoms with E-state index in [1.165, 1.54) is 18.2 Å². The van der Waals surface area contributed by atoms with Crippen LogP contribution in [0.3, 0.4) is 0 Å². The molecule has 0 unspecified atom stereocenters. The predicted octanol–water partition coefficient (Wildman–Crippen LogP) is 1.43. The Kier molecular flexibility index (Phi) is 2.47. The summed E-state index contributed by atoms with van der Waals surface area (Å²) in [5.41, 5.74) is 0.102. The summed E-state index contributed by atoms with van der Waals surface area (Å²) in [5, 5.41) is 30.1. The quantitative estimate of drug-likeness (QED) is 0.655. The van der Waals surface area contributed by atoms with Gasteiger partial charge in [0.05, 0.1) is 16.6 Å². The van der Waals surface area contributed by atoms with E-state index >= 15 is 0 Å². The van der Waals surface area contributed by atoms with Crippen LogP contribution in [0.4, 0.5) is 11.4 Å². The Bertz CT molecular complexity index is 583. The molecule has 1 N–H and O–H groups in total. The van der Waals surface area contributed by atoms with Crippen molar-refractivity contribution in [2.75, 3.05) is 18.0 Å². The van der Waals surface area contributed by atoms with Crippen LogP contribution < -0.4 is 4.90 Å². The van der Waals surface area contributed by atoms with E-state index in [4.69, 9.17) is 5.26 Å². The Morgan fingerprint density at radius 2 is 2.16 bits per heavy atom. The molecule has 1 saturated heterocycles. The minimum absolute atomic E-state index is 0.0168. The second-order valence-corrected chi connectivity index (χ2v) is 5.31. The van der Waals surface area contributed by atoms with Gasteiger partial charge in [-0.1, -0.05) is 0 Å². The van der Waals surface area contributed by atoms with E-state index in [9.17, 15) is 15.2 Å². The Morgan fingerprint density at radius 3 is 2.68 bits per heavy atom. The summed E-state index contributed by atoms with van der Waals surface area (Å²) >= 11 is 0. The maximum Gasteiger partial charge on any atom is 0.292 e. The molecule has 0 radical (unpaired) electrons. The molecule has 6 heteroatoms. The first-order chi connectivity index (χ1) is 9.03. The molecule has 19 heavy (non-hydrogen) atoms. The normalized spacial score (nSPS) is 20.5. The van der Waals surface area contributed by atoms with Crippen molar-refractivity contribution >= 4 is 11.4 Å². The van der Waals surface area contributed by atoms with Crippen molar-refractivity contribution in [2.45, 2.75) is 18.4 Å². The molecule has 1 aliphatic heterocycles. The molecule has 1 aliphatic carbocycles. The van der Waals surface area contributed by atoms with Crippen LogP contribution in [0.15, 0.2) is 18.2 Å². The monoisotopic (exact) mass is 259 g/mol. The highest BCUT2D eigenvalue weighted by atomic mass is 16.6. The van der Waals surface area contributed by atoms with Crippen LogP contribution in [0.25, 0.3) is 0 Å². The molecule has 98 valence electrons. The average molecular weight is 259 g/mol. The van der Waals surface area contributed by atoms with Crippen molar-refractivity contribution in [3.05, 3.63) is 33.9 Å². The Balaban J connectivity index is 1.88. The van der Waals surface area contributed by atoms with Gasteiger partial charge in [0, 0.05) is 19.2 Å². The van der Waals surface area contributed by atoms with E-state index in [0.29, 0.717) is 30.3 Å². The summed E-state index contributed by atoms with van der Waals surface area (Å²) in [6.45, 7) is 0.820. The number of nitro benzene ring substituents is 1. The van der Waals surface area contributed by atoms with Crippen LogP contribution in [0.5, 0.6) is 0 Å². The van der Waals surface area contributed by atoms with E-state index in [2.05, 4.69) is 0 Å². The summed E-state index contributed by atoms with van der Waals surface area (Å²) in [6.07, 6.45) is 2.06. The second-order valence-electron chi connectivity index (χ2n) is 5.31. The van der Waals surface area contributed by atoms with Crippen LogP contribution in [-0.2, 0) is 0 Å². The van der Waals surface area contributed by atoms with Gasteiger partial charge >= 0.3 is 0 Å². The van der Waals surface area contributed by atoms with Crippen LogP contribution in [0, 0.1) is 27.4 Å². The lowest BCUT2D eigenvalue weighted by molar-refractivity contribution is -0.384. The van der Waals surface area contributed by atoms with Crippen LogP contribution in [-0.4, -0.2) is 28.7 Å². The molecule has 3 rings (SSSR count). The SMILES string of the molecule is N#Cc1ccc([N+](=O)[O-])c(N2CC(O)(C3CC3)C2)c1. The maximum absolute atomic E-state index is 11.0. The van der Waals surface area contributed by atoms with Crippen molar-refractivity contribution in [2.24, 2.45) is 5.92 Å². The molecule has 1 heterocycles. The van der Waals surface area contributed by atoms with Crippen LogP contribution in [0.1, 0.15) is 18.4 Å². The first kappa shape index (κ1) is 11.9. The Hall–Kier alpha value is -2.13. The van der Waals surface area contributed by atoms with Gasteiger partial charge in [0.25, 0.3) is 5.69 Å². The predicted molar refractivity (Wildman–Crippen MR) is 67.7 cm³/mol. The smallest absolute Gasteiger partial charge is 0.292 e. The highest BCUT2D eigenvalue weighted by Gasteiger charge is 2.52. The van der Waals surface area contributed by atoms with E-state index in [1.54, 1.807) is 4.90 Å². The molecule has 1 saturated carbocycles. The second kappa shape index (κ2) is 3.93. The highest BCUT2D eigenvalue weighted by Crippen LogP contribution is 2.47. The number of anilines is 1. The molecular formula is C13H13N3O3. The van der Waals surface area contributed by atoms with E-state index < -0.39 is 10.5 Å². The number of rotatable bonds is 3. The fourth-order valence-corrected chi connectivity index (χ4v) is 2.66. The lowest BCUT2D eigenvalue weighted by atomic mass is 9.88. The molecule has 0 bridgehead atoms. The van der Waals surface area contributed by atoms with Crippen molar-refractivity contribution in [3.63, 3.8) is 0 Å². The number of β-amino-alcohol motifs (C(OH)–C–C–N with tert-alkyl or cyclic N) is 1. The zero-order valence-electron chi connectivity index (χ0n) is 10.2. The van der Waals surface area contributed by atoms with Crippen LogP contribution in [0.2, 0.25) is 0 Å². The van der Waals surface area contributed by atoms with Gasteiger partial charge in [0.2, 0.25) is 0 Å². The summed E-state index contributed by atoms with van der Waals surface area (Å²) in [6, 6.07) is 6.29. The fraction of sp³-hybridized carbons (Fsp3) is 0.462. The van der Waals surface area contributed by atoms with Gasteiger partial charge in [-0.15, -0.1) is 0 Å². The summed E-state index contributed by atoms with van der Waals surface area (Å²) in [5.74, 6) is 0.335. The number of nitro groups is 1. The summed E-state index contributed by atoms with van der Waals surface area (Å²) in [4.78, 5) is 12.3. The summed E-state index contributed by atoms with van der Waals surface area (Å²) in [7, 11) is 0. The first-order valence-corrected chi connectivity index (χ1v) is 6.19. The van der Waals surface area contributed by atoms with Crippen molar-refractivity contribution in [3.8, 4) is 6.07 Å². The van der Waals surface area contributed by atoms with Gasteiger partial charge in [0.15, 0.2) is 0 Å². The third-order valence-corrected chi connectivity index (χ3v) is 3.91. The van der Waals surface area contributed by atoms with Gasteiger partial charge in [-0.05, 0) is 30.9 Å². The Labute approximate surface area is 110 Å². The third-order valence-electron chi connectivity index (χ3n) is 3.91. The molecule has 0 aromatic heterocycles. The zero-order chi connectivity index (χ0) is 13.6. The first-order valence-electron chi connectivity index (χ1n) is 6.19. The van der Waals surface area contributed by atoms with Gasteiger partial charge in [0.1, 0.15) is 11.3 Å². The number of nitriles is 1. The standard InChI is InChI=1S/C13H13N3O3/c14-6-9-1-4-11(16(18)19)12(5-9)15-7-13(17,8-15)10-2-3-10/h1,4-5,10,17H,2-3,7-8H2. The third kappa shape index (κ3) is 1.92. The van der Waals surface area contributed by atoms with Gasteiger partial charge in [-0.2, -0.15) is 5.26 Å². The molecular weight excluding hydrogens is 246 g/mol. The lowest BCUT2D eigenvalue weighted by Crippen LogP contribution is -2.63. The summed E-state index contributed by atoms with van der Waals surface area (Å²) < 4.78 is 0. The molecule has 0 amide bonds. The largest absolute Gasteiger partial charge is 0.386 e. The number of benzene rings is 1. The molecule has 2 fully saturated rings. The molecule has 0 atom stereocenters. The number of hydrogen-bond donors (Lipinski definition) is 1. The van der Waals surface area contributed by atoms with Gasteiger partial charge in [-0.25, -0.2) is 0 Å². The number of hydrogen-bond acceptors (Lipinski definition) is 5. The number of aliphatic hydroxyl groups is 1. The highest BCUT2D eigenvalue weighted by molar-refractivity contribution is 5.67. The van der Waals surface area contributed by atoms with E-state index in [1.807, 2.05) is 6.07 Å². The van der Waals surface area contributed by atoms with Crippen LogP contribution >= 0.6 is 0 Å². The van der Waals surface area contributed by atoms with Crippen molar-refractivity contribution in [1.29, 1.82) is 5.26 Å². The molecule has 2 aliphatic rings. The van der Waals surface area contributed by atoms with Gasteiger partial charge in [-0.3, -0.25) is 10.1 Å². The van der Waals surface area contributed by atoms with Gasteiger partial charge < -0.3 is 10.0 Å². The minimum atomic E-state index is -0.698. The molecule has 0 spiro atoms. The maximum atomic E-state index is 11.0. The molecule has 1 aromatic carbocycles. The van der Waals surface area contributed by atoms with Crippen molar-refractivity contribution < 1.29 is 10.0 Å². The number of nitrogens with zero attached hydrogens (tertiary/aromatic N) is 3. The lowest BCUT2D eigenvalue weighted by Gasteiger charge is -2.48. The minimum Gasteiger partial charge on any atom is -0.386 e. The topological polar surface area (TPSA) is 90.4 Å². The van der Waals surface area contributed by atoms with E-state index in [0.717, 1.165) is 12.8 Å². The Morgan fingerprint density at radius 1 is 1.47 bits per heavy atom. The van der Waals surface area contributed by atoms with Crippen molar-refractivity contribution in [1.82, 2.24) is 0 Å². The zero-order valence-corrected chi connectivity index (χ0v) is 10.2.